The molecule has 1 aromatic heterocycles. The Labute approximate surface area is 151 Å². The summed E-state index contributed by atoms with van der Waals surface area (Å²) in [5, 5.41) is 2.92. The van der Waals surface area contributed by atoms with Crippen molar-refractivity contribution in [1.29, 1.82) is 0 Å². The molecule has 0 atom stereocenters. The molecule has 1 heterocycles. The van der Waals surface area contributed by atoms with E-state index in [1.165, 1.54) is 0 Å². The minimum absolute atomic E-state index is 0.111. The molecule has 0 fully saturated rings. The van der Waals surface area contributed by atoms with Crippen molar-refractivity contribution in [1.82, 2.24) is 4.98 Å². The van der Waals surface area contributed by atoms with Crippen molar-refractivity contribution in [3.05, 3.63) is 95.4 Å². The molecule has 0 aliphatic heterocycles. The van der Waals surface area contributed by atoms with Gasteiger partial charge in [-0.2, -0.15) is 0 Å². The van der Waals surface area contributed by atoms with Gasteiger partial charge in [0.15, 0.2) is 11.5 Å². The SMILES string of the molecule is Cc1cccc(C(=O)Nc2ccc(Cc3nc4ccccc4o3)cc2)c1. The van der Waals surface area contributed by atoms with Gasteiger partial charge in [-0.3, -0.25) is 4.79 Å². The number of anilines is 1. The minimum Gasteiger partial charge on any atom is -0.440 e. The van der Waals surface area contributed by atoms with Gasteiger partial charge in [0.1, 0.15) is 5.52 Å². The maximum atomic E-state index is 12.3. The number of hydrogen-bond acceptors (Lipinski definition) is 3. The van der Waals surface area contributed by atoms with Gasteiger partial charge in [0.05, 0.1) is 0 Å². The minimum atomic E-state index is -0.111. The zero-order valence-corrected chi connectivity index (χ0v) is 14.4. The number of aromatic nitrogens is 1. The molecule has 0 aliphatic carbocycles. The number of para-hydroxylation sites is 2. The van der Waals surface area contributed by atoms with E-state index in [4.69, 9.17) is 4.42 Å². The molecule has 4 aromatic rings. The first-order valence-electron chi connectivity index (χ1n) is 8.49. The Balaban J connectivity index is 1.45. The lowest BCUT2D eigenvalue weighted by Crippen LogP contribution is -2.11. The second kappa shape index (κ2) is 6.84. The van der Waals surface area contributed by atoms with E-state index in [0.29, 0.717) is 17.9 Å². The van der Waals surface area contributed by atoms with E-state index in [9.17, 15) is 4.79 Å². The summed E-state index contributed by atoms with van der Waals surface area (Å²) in [6, 6.07) is 23.0. The van der Waals surface area contributed by atoms with Gasteiger partial charge in [-0.25, -0.2) is 4.98 Å². The molecule has 3 aromatic carbocycles. The van der Waals surface area contributed by atoms with Crippen LogP contribution in [0.5, 0.6) is 0 Å². The standard InChI is InChI=1S/C22H18N2O2/c1-15-5-4-6-17(13-15)22(25)23-18-11-9-16(10-12-18)14-21-24-19-7-2-3-8-20(19)26-21/h2-13H,14H2,1H3,(H,23,25). The first-order chi connectivity index (χ1) is 12.7. The van der Waals surface area contributed by atoms with E-state index in [1.807, 2.05) is 79.7 Å². The smallest absolute Gasteiger partial charge is 0.255 e. The van der Waals surface area contributed by atoms with Gasteiger partial charge in [0, 0.05) is 17.7 Å². The summed E-state index contributed by atoms with van der Waals surface area (Å²) < 4.78 is 5.75. The molecule has 0 spiro atoms. The summed E-state index contributed by atoms with van der Waals surface area (Å²) in [5.41, 5.74) is 5.21. The third kappa shape index (κ3) is 3.49. The summed E-state index contributed by atoms with van der Waals surface area (Å²) in [6.45, 7) is 1.97. The maximum Gasteiger partial charge on any atom is 0.255 e. The van der Waals surface area contributed by atoms with Crippen molar-refractivity contribution in [2.24, 2.45) is 0 Å². The first kappa shape index (κ1) is 16.1. The van der Waals surface area contributed by atoms with Crippen molar-refractivity contribution in [3.63, 3.8) is 0 Å². The van der Waals surface area contributed by atoms with Gasteiger partial charge < -0.3 is 9.73 Å². The average Bonchev–Trinajstić information content (AvgIpc) is 3.05. The Bertz CT molecular complexity index is 1030. The van der Waals surface area contributed by atoms with Crippen LogP contribution < -0.4 is 5.32 Å². The third-order valence-corrected chi connectivity index (χ3v) is 4.19. The van der Waals surface area contributed by atoms with Gasteiger partial charge in [-0.15, -0.1) is 0 Å². The molecule has 0 unspecified atom stereocenters. The lowest BCUT2D eigenvalue weighted by atomic mass is 10.1. The van der Waals surface area contributed by atoms with Crippen molar-refractivity contribution in [3.8, 4) is 0 Å². The van der Waals surface area contributed by atoms with Crippen LogP contribution in [0.25, 0.3) is 11.1 Å². The third-order valence-electron chi connectivity index (χ3n) is 4.19. The van der Waals surface area contributed by atoms with Crippen LogP contribution in [0.4, 0.5) is 5.69 Å². The molecule has 1 amide bonds. The second-order valence-corrected chi connectivity index (χ2v) is 6.27. The first-order valence-corrected chi connectivity index (χ1v) is 8.49. The monoisotopic (exact) mass is 342 g/mol. The van der Waals surface area contributed by atoms with E-state index in [1.54, 1.807) is 0 Å². The number of hydrogen-bond donors (Lipinski definition) is 1. The van der Waals surface area contributed by atoms with Crippen LogP contribution in [0.1, 0.15) is 27.4 Å². The van der Waals surface area contributed by atoms with Gasteiger partial charge >= 0.3 is 0 Å². The molecule has 0 aliphatic rings. The van der Waals surface area contributed by atoms with Crippen molar-refractivity contribution in [2.75, 3.05) is 5.32 Å². The number of aryl methyl sites for hydroxylation is 1. The van der Waals surface area contributed by atoms with Crippen LogP contribution in [-0.4, -0.2) is 10.9 Å². The highest BCUT2D eigenvalue weighted by Crippen LogP contribution is 2.19. The van der Waals surface area contributed by atoms with E-state index in [0.717, 1.165) is 27.9 Å². The van der Waals surface area contributed by atoms with Crippen molar-refractivity contribution in [2.45, 2.75) is 13.3 Å². The molecule has 0 radical (unpaired) electrons. The van der Waals surface area contributed by atoms with E-state index in [-0.39, 0.29) is 5.91 Å². The van der Waals surface area contributed by atoms with Gasteiger partial charge in [0.25, 0.3) is 5.91 Å². The van der Waals surface area contributed by atoms with Crippen molar-refractivity contribution >= 4 is 22.7 Å². The number of benzene rings is 3. The molecule has 0 bridgehead atoms. The predicted octanol–water partition coefficient (Wildman–Crippen LogP) is 4.98. The molecule has 1 N–H and O–H groups in total. The Morgan fingerprint density at radius 1 is 1.00 bits per heavy atom. The van der Waals surface area contributed by atoms with Crippen LogP contribution >= 0.6 is 0 Å². The van der Waals surface area contributed by atoms with Gasteiger partial charge in [0.2, 0.25) is 0 Å². The van der Waals surface area contributed by atoms with Crippen LogP contribution in [0, 0.1) is 6.92 Å². The van der Waals surface area contributed by atoms with Crippen LogP contribution in [0.15, 0.2) is 77.2 Å². The summed E-state index contributed by atoms with van der Waals surface area (Å²) >= 11 is 0. The number of oxazole rings is 1. The fraction of sp³-hybridized carbons (Fsp3) is 0.0909. The highest BCUT2D eigenvalue weighted by molar-refractivity contribution is 6.04. The summed E-state index contributed by atoms with van der Waals surface area (Å²) in [5.74, 6) is 0.572. The lowest BCUT2D eigenvalue weighted by molar-refractivity contribution is 0.102. The number of carbonyl (C=O) groups is 1. The van der Waals surface area contributed by atoms with E-state index < -0.39 is 0 Å². The Hall–Kier alpha value is -3.40. The summed E-state index contributed by atoms with van der Waals surface area (Å²) in [7, 11) is 0. The molecular weight excluding hydrogens is 324 g/mol. The number of nitrogens with one attached hydrogen (secondary N) is 1. The van der Waals surface area contributed by atoms with Gasteiger partial charge in [-0.05, 0) is 48.9 Å². The average molecular weight is 342 g/mol. The number of rotatable bonds is 4. The maximum absolute atomic E-state index is 12.3. The Morgan fingerprint density at radius 3 is 2.58 bits per heavy atom. The quantitative estimate of drug-likeness (QED) is 0.569. The summed E-state index contributed by atoms with van der Waals surface area (Å²) in [4.78, 5) is 16.8. The summed E-state index contributed by atoms with van der Waals surface area (Å²) in [6.07, 6.45) is 0.612. The van der Waals surface area contributed by atoms with Crippen LogP contribution in [-0.2, 0) is 6.42 Å². The fourth-order valence-electron chi connectivity index (χ4n) is 2.87. The zero-order chi connectivity index (χ0) is 17.9. The molecule has 4 rings (SSSR count). The normalized spacial score (nSPS) is 10.8. The molecular formula is C22H18N2O2. The fourth-order valence-corrected chi connectivity index (χ4v) is 2.87. The van der Waals surface area contributed by atoms with Crippen LogP contribution in [0.2, 0.25) is 0 Å². The molecule has 128 valence electrons. The number of fused-ring (bicyclic) bond motifs is 1. The molecule has 26 heavy (non-hydrogen) atoms. The molecule has 4 nitrogen and oxygen atoms in total. The Kier molecular flexibility index (Phi) is 4.23. The zero-order valence-electron chi connectivity index (χ0n) is 14.4. The second-order valence-electron chi connectivity index (χ2n) is 6.27. The molecule has 0 saturated carbocycles. The van der Waals surface area contributed by atoms with Gasteiger partial charge in [-0.1, -0.05) is 42.0 Å². The van der Waals surface area contributed by atoms with E-state index >= 15 is 0 Å². The topological polar surface area (TPSA) is 55.1 Å². The predicted molar refractivity (Wildman–Crippen MR) is 102 cm³/mol. The highest BCUT2D eigenvalue weighted by Gasteiger charge is 2.08. The van der Waals surface area contributed by atoms with E-state index in [2.05, 4.69) is 10.3 Å². The van der Waals surface area contributed by atoms with Crippen molar-refractivity contribution < 1.29 is 9.21 Å². The largest absolute Gasteiger partial charge is 0.440 e. The Morgan fingerprint density at radius 2 is 1.81 bits per heavy atom. The molecule has 0 saturated heterocycles. The number of nitrogens with zero attached hydrogens (tertiary/aromatic N) is 1. The number of amides is 1. The number of carbonyl (C=O) groups excluding carboxylic acids is 1. The molecule has 4 heteroatoms. The lowest BCUT2D eigenvalue weighted by Gasteiger charge is -2.07. The highest BCUT2D eigenvalue weighted by atomic mass is 16.3. The van der Waals surface area contributed by atoms with Crippen LogP contribution in [0.3, 0.4) is 0 Å².